The molecule has 0 aromatic heterocycles. The van der Waals surface area contributed by atoms with Crippen LogP contribution in [-0.4, -0.2) is 29.2 Å². The van der Waals surface area contributed by atoms with Crippen LogP contribution in [0.2, 0.25) is 0 Å². The van der Waals surface area contributed by atoms with E-state index in [9.17, 15) is 5.11 Å². The summed E-state index contributed by atoms with van der Waals surface area (Å²) in [6.45, 7) is 5.03. The molecule has 1 atom stereocenters. The van der Waals surface area contributed by atoms with Gasteiger partial charge in [-0.25, -0.2) is 0 Å². The Balaban J connectivity index is -0.000000125. The Hall–Kier alpha value is 0.946. The van der Waals surface area contributed by atoms with Gasteiger partial charge in [0.15, 0.2) is 0 Å². The first-order valence-corrected chi connectivity index (χ1v) is 2.04. The molecule has 44 valence electrons. The molecule has 8 heavy (non-hydrogen) atoms. The van der Waals surface area contributed by atoms with Crippen LogP contribution in [-0.2, 0) is 0 Å². The first-order valence-electron chi connectivity index (χ1n) is 2.04. The molecule has 0 fully saturated rings. The molecular weight excluding hydrogens is 180 g/mol. The minimum Gasteiger partial charge on any atom is -1.00 e. The molecule has 0 radical (unpaired) electrons. The zero-order valence-corrected chi connectivity index (χ0v) is 8.06. The SMILES string of the molecule is C=CCC(C)[O-].[Br-].[Mg+2]. The van der Waals surface area contributed by atoms with Crippen LogP contribution in [0.15, 0.2) is 12.7 Å². The number of hydrogen-bond donors (Lipinski definition) is 0. The van der Waals surface area contributed by atoms with Gasteiger partial charge in [0, 0.05) is 0 Å². The number of hydrogen-bond acceptors (Lipinski definition) is 1. The molecule has 0 bridgehead atoms. The zero-order valence-electron chi connectivity index (χ0n) is 5.06. The summed E-state index contributed by atoms with van der Waals surface area (Å²) >= 11 is 0. The minimum absolute atomic E-state index is 0. The van der Waals surface area contributed by atoms with Crippen LogP contribution >= 0.6 is 0 Å². The fourth-order valence-corrected chi connectivity index (χ4v) is 0.235. The second-order valence-electron chi connectivity index (χ2n) is 1.33. The van der Waals surface area contributed by atoms with Crippen molar-refractivity contribution in [1.82, 2.24) is 0 Å². The van der Waals surface area contributed by atoms with Crippen molar-refractivity contribution in [2.24, 2.45) is 0 Å². The monoisotopic (exact) mass is 188 g/mol. The summed E-state index contributed by atoms with van der Waals surface area (Å²) in [5.74, 6) is 0. The normalized spacial score (nSPS) is 10.2. The van der Waals surface area contributed by atoms with Gasteiger partial charge in [-0.1, -0.05) is 13.0 Å². The maximum atomic E-state index is 10.1. The van der Waals surface area contributed by atoms with E-state index in [-0.39, 0.29) is 40.0 Å². The standard InChI is InChI=1S/C5H9O.BrH.Mg/c1-3-4-5(2)6;;/h3,5H,1,4H2,2H3;1H;/q-1;;+2/p-1. The molecule has 0 rings (SSSR count). The van der Waals surface area contributed by atoms with E-state index in [4.69, 9.17) is 0 Å². The van der Waals surface area contributed by atoms with Gasteiger partial charge in [0.2, 0.25) is 0 Å². The van der Waals surface area contributed by atoms with Gasteiger partial charge >= 0.3 is 23.1 Å². The molecule has 0 heterocycles. The molecule has 0 aromatic rings. The maximum Gasteiger partial charge on any atom is 2.00 e. The molecule has 3 heteroatoms. The summed E-state index contributed by atoms with van der Waals surface area (Å²) in [4.78, 5) is 0. The van der Waals surface area contributed by atoms with E-state index < -0.39 is 6.10 Å². The van der Waals surface area contributed by atoms with E-state index in [1.807, 2.05) is 0 Å². The smallest absolute Gasteiger partial charge is 1.00 e. The summed E-state index contributed by atoms with van der Waals surface area (Å²) in [6.07, 6.45) is 1.75. The van der Waals surface area contributed by atoms with E-state index in [1.165, 1.54) is 0 Å². The third-order valence-corrected chi connectivity index (χ3v) is 0.499. The molecule has 0 saturated carbocycles. The van der Waals surface area contributed by atoms with Gasteiger partial charge in [-0.3, -0.25) is 0 Å². The van der Waals surface area contributed by atoms with Crippen molar-refractivity contribution in [3.63, 3.8) is 0 Å². The van der Waals surface area contributed by atoms with Crippen LogP contribution < -0.4 is 22.1 Å². The predicted molar refractivity (Wildman–Crippen MR) is 30.0 cm³/mol. The van der Waals surface area contributed by atoms with Gasteiger partial charge in [0.1, 0.15) is 0 Å². The Labute approximate surface area is 77.1 Å². The Bertz CT molecular complexity index is 47.7. The quantitative estimate of drug-likeness (QED) is 0.334. The van der Waals surface area contributed by atoms with Gasteiger partial charge in [-0.05, 0) is 6.42 Å². The van der Waals surface area contributed by atoms with E-state index in [1.54, 1.807) is 13.0 Å². The fourth-order valence-electron chi connectivity index (χ4n) is 0.235. The molecule has 0 amide bonds. The van der Waals surface area contributed by atoms with E-state index in [0.29, 0.717) is 6.42 Å². The van der Waals surface area contributed by atoms with Gasteiger partial charge in [-0.15, -0.1) is 12.7 Å². The number of rotatable bonds is 2. The van der Waals surface area contributed by atoms with Crippen molar-refractivity contribution < 1.29 is 22.1 Å². The first-order chi connectivity index (χ1) is 2.77. The van der Waals surface area contributed by atoms with Crippen LogP contribution in [0.5, 0.6) is 0 Å². The average molecular weight is 189 g/mol. The van der Waals surface area contributed by atoms with Gasteiger partial charge in [0.25, 0.3) is 0 Å². The Morgan fingerprint density at radius 2 is 2.12 bits per heavy atom. The third kappa shape index (κ3) is 15.8. The van der Waals surface area contributed by atoms with Gasteiger partial charge in [-0.2, -0.15) is 0 Å². The number of halogens is 1. The van der Waals surface area contributed by atoms with Crippen LogP contribution in [0.3, 0.4) is 0 Å². The Morgan fingerprint density at radius 1 is 1.75 bits per heavy atom. The summed E-state index contributed by atoms with van der Waals surface area (Å²) in [7, 11) is 0. The van der Waals surface area contributed by atoms with E-state index in [0.717, 1.165) is 0 Å². The second-order valence-corrected chi connectivity index (χ2v) is 1.33. The van der Waals surface area contributed by atoms with Crippen molar-refractivity contribution >= 4 is 23.1 Å². The zero-order chi connectivity index (χ0) is 4.99. The topological polar surface area (TPSA) is 23.1 Å². The van der Waals surface area contributed by atoms with Crippen LogP contribution in [0.1, 0.15) is 13.3 Å². The van der Waals surface area contributed by atoms with Gasteiger partial charge in [0.05, 0.1) is 0 Å². The molecule has 1 unspecified atom stereocenters. The van der Waals surface area contributed by atoms with Crippen molar-refractivity contribution in [1.29, 1.82) is 0 Å². The van der Waals surface area contributed by atoms with Crippen LogP contribution in [0.25, 0.3) is 0 Å². The molecule has 1 nitrogen and oxygen atoms in total. The maximum absolute atomic E-state index is 10.1. The van der Waals surface area contributed by atoms with Crippen molar-refractivity contribution in [3.8, 4) is 0 Å². The van der Waals surface area contributed by atoms with Gasteiger partial charge < -0.3 is 22.1 Å². The minimum atomic E-state index is -0.470. The fraction of sp³-hybridized carbons (Fsp3) is 0.600. The molecular formula is C5H9BrMgO. The molecule has 0 aliphatic carbocycles. The van der Waals surface area contributed by atoms with Crippen molar-refractivity contribution in [2.45, 2.75) is 19.4 Å². The molecule has 0 aliphatic rings. The van der Waals surface area contributed by atoms with Crippen molar-refractivity contribution in [2.75, 3.05) is 0 Å². The molecule has 0 aromatic carbocycles. The summed E-state index contributed by atoms with van der Waals surface area (Å²) < 4.78 is 0. The molecule has 0 spiro atoms. The van der Waals surface area contributed by atoms with E-state index in [2.05, 4.69) is 6.58 Å². The molecule has 0 saturated heterocycles. The molecule has 0 N–H and O–H groups in total. The third-order valence-electron chi connectivity index (χ3n) is 0.499. The summed E-state index contributed by atoms with van der Waals surface area (Å²) in [5, 5.41) is 10.1. The van der Waals surface area contributed by atoms with Crippen LogP contribution in [0.4, 0.5) is 0 Å². The van der Waals surface area contributed by atoms with Crippen molar-refractivity contribution in [3.05, 3.63) is 12.7 Å². The largest absolute Gasteiger partial charge is 2.00 e. The first kappa shape index (κ1) is 16.0. The van der Waals surface area contributed by atoms with E-state index >= 15 is 0 Å². The second kappa shape index (κ2) is 10.8. The van der Waals surface area contributed by atoms with Crippen LogP contribution in [0, 0.1) is 0 Å². The predicted octanol–water partition coefficient (Wildman–Crippen LogP) is -3.07. The average Bonchev–Trinajstić information content (AvgIpc) is 1.35. The Kier molecular flexibility index (Phi) is 21.7. The molecule has 0 aliphatic heterocycles. The Morgan fingerprint density at radius 3 is 2.12 bits per heavy atom. The summed E-state index contributed by atoms with van der Waals surface area (Å²) in [5.41, 5.74) is 0. The summed E-state index contributed by atoms with van der Waals surface area (Å²) in [6, 6.07) is 0.